The van der Waals surface area contributed by atoms with Crippen molar-refractivity contribution in [2.75, 3.05) is 5.32 Å². The molecule has 1 N–H and O–H groups in total. The summed E-state index contributed by atoms with van der Waals surface area (Å²) in [5.74, 6) is 0.583. The molecule has 3 aromatic heterocycles. The first kappa shape index (κ1) is 19.3. The molecule has 0 aliphatic heterocycles. The van der Waals surface area contributed by atoms with Gasteiger partial charge in [0.15, 0.2) is 16.1 Å². The summed E-state index contributed by atoms with van der Waals surface area (Å²) in [5.41, 5.74) is 1.78. The van der Waals surface area contributed by atoms with Crippen LogP contribution in [0.4, 0.5) is 5.13 Å². The Hall–Kier alpha value is -3.04. The largest absolute Gasteiger partial charge is 0.301 e. The highest BCUT2D eigenvalue weighted by Gasteiger charge is 2.24. The van der Waals surface area contributed by atoms with Gasteiger partial charge in [0.05, 0.1) is 5.25 Å². The molecule has 1 atom stereocenters. The summed E-state index contributed by atoms with van der Waals surface area (Å²) in [5, 5.41) is 14.4. The lowest BCUT2D eigenvalue weighted by Gasteiger charge is -2.15. The highest BCUT2D eigenvalue weighted by atomic mass is 32.2. The molecule has 1 aromatic carbocycles. The number of pyridine rings is 1. The van der Waals surface area contributed by atoms with Crippen molar-refractivity contribution in [3.63, 3.8) is 0 Å². The number of benzene rings is 1. The molecular formula is C20H18N6OS2. The van der Waals surface area contributed by atoms with Crippen LogP contribution in [0.2, 0.25) is 0 Å². The van der Waals surface area contributed by atoms with Gasteiger partial charge in [-0.25, -0.2) is 4.98 Å². The van der Waals surface area contributed by atoms with Crippen LogP contribution in [0, 0.1) is 0 Å². The maximum atomic E-state index is 12.7. The summed E-state index contributed by atoms with van der Waals surface area (Å²) in [6.07, 6.45) is 5.79. The molecule has 29 heavy (non-hydrogen) atoms. The second kappa shape index (κ2) is 8.97. The third kappa shape index (κ3) is 4.36. The second-order valence-corrected chi connectivity index (χ2v) is 8.12. The number of amides is 1. The summed E-state index contributed by atoms with van der Waals surface area (Å²) in [6.45, 7) is 1.98. The van der Waals surface area contributed by atoms with Gasteiger partial charge in [-0.1, -0.05) is 36.9 Å². The van der Waals surface area contributed by atoms with Gasteiger partial charge in [-0.2, -0.15) is 0 Å². The van der Waals surface area contributed by atoms with Crippen LogP contribution in [0.15, 0.2) is 71.6 Å². The number of nitrogens with zero attached hydrogens (tertiary/aromatic N) is 5. The number of hydrogen-bond donors (Lipinski definition) is 1. The van der Waals surface area contributed by atoms with Crippen molar-refractivity contribution < 1.29 is 4.79 Å². The molecule has 0 saturated heterocycles. The lowest BCUT2D eigenvalue weighted by Crippen LogP contribution is -2.25. The third-order valence-electron chi connectivity index (χ3n) is 4.14. The summed E-state index contributed by atoms with van der Waals surface area (Å²) in [4.78, 5) is 21.1. The topological polar surface area (TPSA) is 85.6 Å². The molecule has 146 valence electrons. The first-order chi connectivity index (χ1) is 14.3. The fraction of sp³-hybridized carbons (Fsp3) is 0.150. The van der Waals surface area contributed by atoms with Crippen molar-refractivity contribution in [3.8, 4) is 17.1 Å². The maximum absolute atomic E-state index is 12.7. The molecule has 0 radical (unpaired) electrons. The van der Waals surface area contributed by atoms with Crippen LogP contribution < -0.4 is 5.32 Å². The molecule has 1 unspecified atom stereocenters. The van der Waals surface area contributed by atoms with Crippen molar-refractivity contribution in [1.29, 1.82) is 0 Å². The number of aromatic nitrogens is 5. The molecule has 0 aliphatic carbocycles. The summed E-state index contributed by atoms with van der Waals surface area (Å²) >= 11 is 2.78. The van der Waals surface area contributed by atoms with Gasteiger partial charge in [0, 0.05) is 35.2 Å². The van der Waals surface area contributed by atoms with E-state index in [1.54, 1.807) is 18.6 Å². The van der Waals surface area contributed by atoms with Gasteiger partial charge in [0.1, 0.15) is 0 Å². The lowest BCUT2D eigenvalue weighted by atomic mass is 10.2. The predicted molar refractivity (Wildman–Crippen MR) is 115 cm³/mol. The number of carbonyl (C=O) groups excluding carboxylic acids is 1. The normalized spacial score (nSPS) is 11.9. The predicted octanol–water partition coefficient (Wildman–Crippen LogP) is 4.30. The van der Waals surface area contributed by atoms with E-state index in [4.69, 9.17) is 0 Å². The quantitative estimate of drug-likeness (QED) is 0.447. The Labute approximate surface area is 176 Å². The van der Waals surface area contributed by atoms with E-state index in [1.807, 2.05) is 59.3 Å². The Morgan fingerprint density at radius 1 is 1.17 bits per heavy atom. The van der Waals surface area contributed by atoms with Crippen LogP contribution in [0.25, 0.3) is 17.1 Å². The minimum atomic E-state index is -0.327. The van der Waals surface area contributed by atoms with Crippen LogP contribution in [-0.2, 0) is 4.79 Å². The maximum Gasteiger partial charge on any atom is 0.239 e. The summed E-state index contributed by atoms with van der Waals surface area (Å²) in [6, 6.07) is 13.7. The van der Waals surface area contributed by atoms with Crippen LogP contribution >= 0.6 is 23.1 Å². The zero-order chi connectivity index (χ0) is 20.1. The number of para-hydroxylation sites is 1. The summed E-state index contributed by atoms with van der Waals surface area (Å²) in [7, 11) is 0. The van der Waals surface area contributed by atoms with Gasteiger partial charge in [-0.3, -0.25) is 14.3 Å². The Kier molecular flexibility index (Phi) is 5.97. The minimum Gasteiger partial charge on any atom is -0.301 e. The molecule has 4 aromatic rings. The fourth-order valence-corrected chi connectivity index (χ4v) is 4.26. The van der Waals surface area contributed by atoms with E-state index in [9.17, 15) is 4.79 Å². The number of nitrogens with one attached hydrogen (secondary N) is 1. The standard InChI is InChI=1S/C20H18N6OS2/c1-2-16(18(27)23-19-22-11-12-28-19)29-20-25-24-17(14-7-6-10-21-13-14)26(20)15-8-4-3-5-9-15/h3-13,16H,2H2,1H3,(H,22,23,27). The average Bonchev–Trinajstić information content (AvgIpc) is 3.43. The first-order valence-corrected chi connectivity index (χ1v) is 10.8. The Morgan fingerprint density at radius 2 is 2.03 bits per heavy atom. The van der Waals surface area contributed by atoms with E-state index in [2.05, 4.69) is 25.5 Å². The van der Waals surface area contributed by atoms with E-state index in [0.717, 1.165) is 11.3 Å². The van der Waals surface area contributed by atoms with E-state index in [1.165, 1.54) is 23.1 Å². The summed E-state index contributed by atoms with van der Waals surface area (Å²) < 4.78 is 1.96. The number of thiazole rings is 1. The monoisotopic (exact) mass is 422 g/mol. The molecular weight excluding hydrogens is 404 g/mol. The minimum absolute atomic E-state index is 0.0991. The van der Waals surface area contributed by atoms with Gasteiger partial charge in [-0.05, 0) is 30.7 Å². The van der Waals surface area contributed by atoms with Crippen molar-refractivity contribution in [1.82, 2.24) is 24.7 Å². The van der Waals surface area contributed by atoms with E-state index in [0.29, 0.717) is 22.5 Å². The number of hydrogen-bond acceptors (Lipinski definition) is 7. The third-order valence-corrected chi connectivity index (χ3v) is 6.14. The van der Waals surface area contributed by atoms with Crippen molar-refractivity contribution in [2.45, 2.75) is 23.8 Å². The SMILES string of the molecule is CCC(Sc1nnc(-c2cccnc2)n1-c1ccccc1)C(=O)Nc1nccs1. The Bertz CT molecular complexity index is 1070. The molecule has 0 bridgehead atoms. The average molecular weight is 423 g/mol. The van der Waals surface area contributed by atoms with E-state index < -0.39 is 0 Å². The van der Waals surface area contributed by atoms with Crippen LogP contribution in [0.1, 0.15) is 13.3 Å². The van der Waals surface area contributed by atoms with Crippen LogP contribution in [0.3, 0.4) is 0 Å². The second-order valence-electron chi connectivity index (χ2n) is 6.06. The highest BCUT2D eigenvalue weighted by molar-refractivity contribution is 8.00. The number of thioether (sulfide) groups is 1. The van der Waals surface area contributed by atoms with Gasteiger partial charge in [-0.15, -0.1) is 21.5 Å². The molecule has 9 heteroatoms. The lowest BCUT2D eigenvalue weighted by molar-refractivity contribution is -0.115. The Balaban J connectivity index is 1.68. The molecule has 0 aliphatic rings. The van der Waals surface area contributed by atoms with E-state index >= 15 is 0 Å². The first-order valence-electron chi connectivity index (χ1n) is 9.04. The molecule has 0 saturated carbocycles. The molecule has 4 rings (SSSR count). The van der Waals surface area contributed by atoms with Crippen LogP contribution in [-0.4, -0.2) is 35.9 Å². The zero-order valence-electron chi connectivity index (χ0n) is 15.6. The number of rotatable bonds is 7. The molecule has 7 nitrogen and oxygen atoms in total. The smallest absolute Gasteiger partial charge is 0.239 e. The van der Waals surface area contributed by atoms with Crippen LogP contribution in [0.5, 0.6) is 0 Å². The van der Waals surface area contributed by atoms with Crippen molar-refractivity contribution in [3.05, 3.63) is 66.4 Å². The zero-order valence-corrected chi connectivity index (χ0v) is 17.2. The van der Waals surface area contributed by atoms with Gasteiger partial charge < -0.3 is 5.32 Å². The molecule has 3 heterocycles. The van der Waals surface area contributed by atoms with E-state index in [-0.39, 0.29) is 11.2 Å². The molecule has 0 spiro atoms. The van der Waals surface area contributed by atoms with Gasteiger partial charge in [0.2, 0.25) is 5.91 Å². The number of anilines is 1. The highest BCUT2D eigenvalue weighted by Crippen LogP contribution is 2.31. The van der Waals surface area contributed by atoms with Crippen molar-refractivity contribution in [2.24, 2.45) is 0 Å². The van der Waals surface area contributed by atoms with Crippen molar-refractivity contribution >= 4 is 34.1 Å². The molecule has 1 amide bonds. The fourth-order valence-electron chi connectivity index (χ4n) is 2.76. The van der Waals surface area contributed by atoms with Gasteiger partial charge in [0.25, 0.3) is 0 Å². The van der Waals surface area contributed by atoms with Gasteiger partial charge >= 0.3 is 0 Å². The molecule has 0 fully saturated rings. The Morgan fingerprint density at radius 3 is 2.72 bits per heavy atom. The number of carbonyl (C=O) groups is 1.